The predicted octanol–water partition coefficient (Wildman–Crippen LogP) is 2.65. The number of hydrogen-bond donors (Lipinski definition) is 1. The molecule has 0 aliphatic rings. The van der Waals surface area contributed by atoms with Gasteiger partial charge in [0.25, 0.3) is 0 Å². The van der Waals surface area contributed by atoms with Crippen LogP contribution in [0.4, 0.5) is 13.2 Å². The standard InChI is InChI=1S/C11H23F3N2/c1-4-5-10(2)15-7-9-16(3)8-6-11(12,13)14/h10,15H,4-9H2,1-3H3. The van der Waals surface area contributed by atoms with Crippen LogP contribution >= 0.6 is 0 Å². The lowest BCUT2D eigenvalue weighted by Crippen LogP contribution is -2.35. The number of rotatable bonds is 8. The molecule has 0 aromatic carbocycles. The molecule has 0 aliphatic heterocycles. The van der Waals surface area contributed by atoms with Crippen molar-refractivity contribution in [1.82, 2.24) is 10.2 Å². The van der Waals surface area contributed by atoms with Crippen molar-refractivity contribution < 1.29 is 13.2 Å². The smallest absolute Gasteiger partial charge is 0.313 e. The number of nitrogens with zero attached hydrogens (tertiary/aromatic N) is 1. The fraction of sp³-hybridized carbons (Fsp3) is 1.00. The average Bonchev–Trinajstić information content (AvgIpc) is 2.14. The summed E-state index contributed by atoms with van der Waals surface area (Å²) in [6.07, 6.45) is -2.55. The number of halogens is 3. The maximum absolute atomic E-state index is 11.9. The van der Waals surface area contributed by atoms with Crippen molar-refractivity contribution in [2.75, 3.05) is 26.7 Å². The molecule has 5 heteroatoms. The van der Waals surface area contributed by atoms with Gasteiger partial charge in [-0.2, -0.15) is 13.2 Å². The second-order valence-corrected chi connectivity index (χ2v) is 4.31. The molecular formula is C11H23F3N2. The van der Waals surface area contributed by atoms with E-state index in [0.717, 1.165) is 19.4 Å². The van der Waals surface area contributed by atoms with E-state index in [1.165, 1.54) is 0 Å². The molecule has 1 atom stereocenters. The van der Waals surface area contributed by atoms with Gasteiger partial charge >= 0.3 is 6.18 Å². The number of nitrogens with one attached hydrogen (secondary N) is 1. The minimum Gasteiger partial charge on any atom is -0.313 e. The van der Waals surface area contributed by atoms with E-state index in [-0.39, 0.29) is 6.54 Å². The van der Waals surface area contributed by atoms with Crippen LogP contribution in [0.5, 0.6) is 0 Å². The second-order valence-electron chi connectivity index (χ2n) is 4.31. The summed E-state index contributed by atoms with van der Waals surface area (Å²) in [5.41, 5.74) is 0. The van der Waals surface area contributed by atoms with E-state index >= 15 is 0 Å². The highest BCUT2D eigenvalue weighted by molar-refractivity contribution is 4.63. The van der Waals surface area contributed by atoms with Gasteiger partial charge in [-0.25, -0.2) is 0 Å². The molecule has 0 aromatic rings. The zero-order valence-electron chi connectivity index (χ0n) is 10.4. The first-order valence-corrected chi connectivity index (χ1v) is 5.84. The molecule has 0 amide bonds. The van der Waals surface area contributed by atoms with E-state index in [4.69, 9.17) is 0 Å². The predicted molar refractivity (Wildman–Crippen MR) is 60.5 cm³/mol. The normalized spacial score (nSPS) is 14.4. The van der Waals surface area contributed by atoms with Gasteiger partial charge in [-0.15, -0.1) is 0 Å². The first-order chi connectivity index (χ1) is 7.35. The number of hydrogen-bond acceptors (Lipinski definition) is 2. The molecule has 0 saturated heterocycles. The van der Waals surface area contributed by atoms with E-state index in [2.05, 4.69) is 19.2 Å². The van der Waals surface area contributed by atoms with Gasteiger partial charge in [0.1, 0.15) is 0 Å². The van der Waals surface area contributed by atoms with Crippen LogP contribution in [0.1, 0.15) is 33.1 Å². The van der Waals surface area contributed by atoms with Crippen molar-refractivity contribution in [3.63, 3.8) is 0 Å². The van der Waals surface area contributed by atoms with Gasteiger partial charge in [0.05, 0.1) is 6.42 Å². The van der Waals surface area contributed by atoms with E-state index in [9.17, 15) is 13.2 Å². The molecule has 0 spiro atoms. The quantitative estimate of drug-likeness (QED) is 0.701. The third-order valence-electron chi connectivity index (χ3n) is 2.49. The Morgan fingerprint density at radius 2 is 1.88 bits per heavy atom. The van der Waals surface area contributed by atoms with Crippen molar-refractivity contribution in [2.45, 2.75) is 45.3 Å². The second kappa shape index (κ2) is 7.90. The van der Waals surface area contributed by atoms with Crippen molar-refractivity contribution in [2.24, 2.45) is 0 Å². The van der Waals surface area contributed by atoms with Crippen LogP contribution in [0.2, 0.25) is 0 Å². The summed E-state index contributed by atoms with van der Waals surface area (Å²) in [5, 5.41) is 3.29. The Morgan fingerprint density at radius 3 is 2.38 bits per heavy atom. The Morgan fingerprint density at radius 1 is 1.25 bits per heavy atom. The lowest BCUT2D eigenvalue weighted by Gasteiger charge is -2.19. The number of likely N-dealkylation sites (N-methyl/N-ethyl adjacent to an activating group) is 1. The Hall–Kier alpha value is -0.290. The van der Waals surface area contributed by atoms with Crippen molar-refractivity contribution >= 4 is 0 Å². The molecule has 16 heavy (non-hydrogen) atoms. The summed E-state index contributed by atoms with van der Waals surface area (Å²) in [6, 6.07) is 0.445. The van der Waals surface area contributed by atoms with Gasteiger partial charge in [0.2, 0.25) is 0 Å². The van der Waals surface area contributed by atoms with E-state index in [1.807, 2.05) is 0 Å². The highest BCUT2D eigenvalue weighted by Crippen LogP contribution is 2.19. The third-order valence-corrected chi connectivity index (χ3v) is 2.49. The van der Waals surface area contributed by atoms with Crippen molar-refractivity contribution in [3.8, 4) is 0 Å². The molecule has 0 rings (SSSR count). The topological polar surface area (TPSA) is 15.3 Å². The van der Waals surface area contributed by atoms with Gasteiger partial charge in [-0.3, -0.25) is 0 Å². The first kappa shape index (κ1) is 15.7. The highest BCUT2D eigenvalue weighted by Gasteiger charge is 2.26. The Kier molecular flexibility index (Phi) is 7.76. The molecule has 0 aliphatic carbocycles. The molecule has 0 heterocycles. The molecule has 0 saturated carbocycles. The SMILES string of the molecule is CCCC(C)NCCN(C)CCC(F)(F)F. The van der Waals surface area contributed by atoms with Crippen LogP contribution in [0, 0.1) is 0 Å². The fourth-order valence-electron chi connectivity index (χ4n) is 1.47. The Balaban J connectivity index is 3.47. The number of alkyl halides is 3. The van der Waals surface area contributed by atoms with Gasteiger partial charge in [-0.1, -0.05) is 13.3 Å². The van der Waals surface area contributed by atoms with Gasteiger partial charge in [0.15, 0.2) is 0 Å². The maximum Gasteiger partial charge on any atom is 0.390 e. The fourth-order valence-corrected chi connectivity index (χ4v) is 1.47. The van der Waals surface area contributed by atoms with Gasteiger partial charge < -0.3 is 10.2 Å². The molecular weight excluding hydrogens is 217 g/mol. The summed E-state index contributed by atoms with van der Waals surface area (Å²) in [5.74, 6) is 0. The lowest BCUT2D eigenvalue weighted by atomic mass is 10.2. The monoisotopic (exact) mass is 240 g/mol. The molecule has 0 fully saturated rings. The van der Waals surface area contributed by atoms with Crippen LogP contribution in [-0.2, 0) is 0 Å². The van der Waals surface area contributed by atoms with Crippen LogP contribution < -0.4 is 5.32 Å². The van der Waals surface area contributed by atoms with Crippen LogP contribution in [-0.4, -0.2) is 43.8 Å². The summed E-state index contributed by atoms with van der Waals surface area (Å²) < 4.78 is 35.8. The van der Waals surface area contributed by atoms with E-state index in [1.54, 1.807) is 11.9 Å². The van der Waals surface area contributed by atoms with Crippen LogP contribution in [0.25, 0.3) is 0 Å². The Labute approximate surface area is 96.2 Å². The van der Waals surface area contributed by atoms with Crippen LogP contribution in [0.3, 0.4) is 0 Å². The molecule has 0 aromatic heterocycles. The van der Waals surface area contributed by atoms with Crippen molar-refractivity contribution in [3.05, 3.63) is 0 Å². The molecule has 1 unspecified atom stereocenters. The molecule has 0 bridgehead atoms. The highest BCUT2D eigenvalue weighted by atomic mass is 19.4. The van der Waals surface area contributed by atoms with E-state index < -0.39 is 12.6 Å². The molecule has 1 N–H and O–H groups in total. The maximum atomic E-state index is 11.9. The zero-order valence-corrected chi connectivity index (χ0v) is 10.4. The summed E-state index contributed by atoms with van der Waals surface area (Å²) in [4.78, 5) is 1.71. The molecule has 98 valence electrons. The lowest BCUT2D eigenvalue weighted by molar-refractivity contribution is -0.137. The minimum absolute atomic E-state index is 0.0767. The zero-order chi connectivity index (χ0) is 12.6. The summed E-state index contributed by atoms with van der Waals surface area (Å²) in [6.45, 7) is 5.69. The average molecular weight is 240 g/mol. The summed E-state index contributed by atoms with van der Waals surface area (Å²) >= 11 is 0. The van der Waals surface area contributed by atoms with Crippen LogP contribution in [0.15, 0.2) is 0 Å². The van der Waals surface area contributed by atoms with E-state index in [0.29, 0.717) is 12.6 Å². The molecule has 2 nitrogen and oxygen atoms in total. The first-order valence-electron chi connectivity index (χ1n) is 5.84. The van der Waals surface area contributed by atoms with Gasteiger partial charge in [-0.05, 0) is 20.4 Å². The van der Waals surface area contributed by atoms with Gasteiger partial charge in [0, 0.05) is 25.7 Å². The third kappa shape index (κ3) is 10.2. The minimum atomic E-state index is -4.04. The van der Waals surface area contributed by atoms with Crippen molar-refractivity contribution in [1.29, 1.82) is 0 Å². The Bertz CT molecular complexity index is 171. The summed E-state index contributed by atoms with van der Waals surface area (Å²) in [7, 11) is 1.72. The largest absolute Gasteiger partial charge is 0.390 e. The molecule has 0 radical (unpaired) electrons.